The van der Waals surface area contributed by atoms with E-state index >= 15 is 0 Å². The van der Waals surface area contributed by atoms with Crippen molar-refractivity contribution in [1.82, 2.24) is 15.1 Å². The molecule has 1 amide bonds. The van der Waals surface area contributed by atoms with Crippen LogP contribution in [0, 0.1) is 17.2 Å². The Labute approximate surface area is 183 Å². The number of rotatable bonds is 5. The second-order valence-electron chi connectivity index (χ2n) is 8.98. The number of morpholine rings is 1. The van der Waals surface area contributed by atoms with E-state index in [4.69, 9.17) is 16.3 Å². The fourth-order valence-corrected chi connectivity index (χ4v) is 5.86. The number of benzene rings is 1. The highest BCUT2D eigenvalue weighted by Crippen LogP contribution is 2.48. The molecule has 1 saturated carbocycles. The summed E-state index contributed by atoms with van der Waals surface area (Å²) in [6, 6.07) is 5.30. The maximum absolute atomic E-state index is 13.8. The second kappa shape index (κ2) is 9.51. The molecule has 1 aliphatic carbocycles. The molecule has 7 heteroatoms. The minimum Gasteiger partial charge on any atom is -0.379 e. The number of hydrogen-bond donors (Lipinski definition) is 1. The van der Waals surface area contributed by atoms with E-state index in [0.717, 1.165) is 71.6 Å². The summed E-state index contributed by atoms with van der Waals surface area (Å²) in [4.78, 5) is 18.5. The van der Waals surface area contributed by atoms with Gasteiger partial charge in [0.25, 0.3) is 0 Å². The number of hydrogen-bond acceptors (Lipinski definition) is 4. The summed E-state index contributed by atoms with van der Waals surface area (Å²) in [5, 5.41) is 3.21. The molecule has 1 N–H and O–H groups in total. The van der Waals surface area contributed by atoms with Crippen LogP contribution in [-0.2, 0) is 16.1 Å². The maximum atomic E-state index is 13.8. The molecule has 1 aromatic rings. The average molecular weight is 438 g/mol. The molecule has 166 valence electrons. The average Bonchev–Trinajstić information content (AvgIpc) is 2.79. The summed E-state index contributed by atoms with van der Waals surface area (Å²) in [5.74, 6) is 0.0385. The minimum absolute atomic E-state index is 0.0988. The Balaban J connectivity index is 1.48. The number of ether oxygens (including phenoxy) is 1. The summed E-state index contributed by atoms with van der Waals surface area (Å²) in [7, 11) is 0. The zero-order valence-electron chi connectivity index (χ0n) is 17.8. The van der Waals surface area contributed by atoms with Crippen molar-refractivity contribution < 1.29 is 13.9 Å². The minimum atomic E-state index is -0.444. The molecule has 4 rings (SSSR count). The Morgan fingerprint density at radius 2 is 2.10 bits per heavy atom. The van der Waals surface area contributed by atoms with Crippen molar-refractivity contribution in [2.45, 2.75) is 45.2 Å². The van der Waals surface area contributed by atoms with Gasteiger partial charge in [-0.2, -0.15) is 0 Å². The van der Waals surface area contributed by atoms with Crippen LogP contribution in [0.5, 0.6) is 0 Å². The molecule has 1 aromatic carbocycles. The predicted molar refractivity (Wildman–Crippen MR) is 116 cm³/mol. The summed E-state index contributed by atoms with van der Waals surface area (Å²) >= 11 is 6.10. The lowest BCUT2D eigenvalue weighted by Crippen LogP contribution is -2.60. The van der Waals surface area contributed by atoms with Gasteiger partial charge in [-0.3, -0.25) is 9.69 Å². The first-order valence-electron chi connectivity index (χ1n) is 11.3. The van der Waals surface area contributed by atoms with Gasteiger partial charge >= 0.3 is 0 Å². The fourth-order valence-electron chi connectivity index (χ4n) is 5.67. The number of carbonyl (C=O) groups is 1. The van der Waals surface area contributed by atoms with Gasteiger partial charge in [0, 0.05) is 32.2 Å². The third-order valence-electron chi connectivity index (χ3n) is 7.49. The number of piperidine rings is 1. The standard InChI is InChI=1S/C23H33ClFN3O2/c1-2-27-9-7-18-14-19(28-10-12-30-13-11-28)6-8-23(18,16-27)22(29)26-15-17-4-3-5-20(25)21(17)24/h3-5,18-19H,2,6-16H2,1H3,(H,26,29)/t18-,19+,23-/m1/s1. The maximum Gasteiger partial charge on any atom is 0.228 e. The highest BCUT2D eigenvalue weighted by atomic mass is 35.5. The lowest BCUT2D eigenvalue weighted by atomic mass is 9.61. The van der Waals surface area contributed by atoms with Crippen molar-refractivity contribution in [1.29, 1.82) is 0 Å². The lowest BCUT2D eigenvalue weighted by molar-refractivity contribution is -0.145. The molecular formula is C23H33ClFN3O2. The number of fused-ring (bicyclic) bond motifs is 1. The molecule has 3 fully saturated rings. The first-order valence-corrected chi connectivity index (χ1v) is 11.7. The van der Waals surface area contributed by atoms with E-state index in [-0.39, 0.29) is 22.9 Å². The number of halogens is 2. The van der Waals surface area contributed by atoms with Gasteiger partial charge in [-0.15, -0.1) is 0 Å². The van der Waals surface area contributed by atoms with Crippen LogP contribution in [0.15, 0.2) is 18.2 Å². The number of likely N-dealkylation sites (tertiary alicyclic amines) is 1. The van der Waals surface area contributed by atoms with Crippen molar-refractivity contribution >= 4 is 17.5 Å². The predicted octanol–water partition coefficient (Wildman–Crippen LogP) is 3.31. The summed E-state index contributed by atoms with van der Waals surface area (Å²) in [6.07, 6.45) is 4.08. The van der Waals surface area contributed by atoms with Crippen molar-refractivity contribution in [3.8, 4) is 0 Å². The van der Waals surface area contributed by atoms with E-state index in [2.05, 4.69) is 22.0 Å². The number of amides is 1. The highest BCUT2D eigenvalue weighted by Gasteiger charge is 2.52. The number of nitrogens with zero attached hydrogens (tertiary/aromatic N) is 2. The van der Waals surface area contributed by atoms with Crippen LogP contribution in [0.1, 0.15) is 38.2 Å². The van der Waals surface area contributed by atoms with Crippen LogP contribution in [0.3, 0.4) is 0 Å². The first-order chi connectivity index (χ1) is 14.5. The third-order valence-corrected chi connectivity index (χ3v) is 7.92. The zero-order valence-corrected chi connectivity index (χ0v) is 18.6. The van der Waals surface area contributed by atoms with E-state index in [1.165, 1.54) is 6.07 Å². The molecule has 30 heavy (non-hydrogen) atoms. The molecule has 0 spiro atoms. The summed E-state index contributed by atoms with van der Waals surface area (Å²) in [6.45, 7) is 8.88. The molecule has 3 aliphatic rings. The van der Waals surface area contributed by atoms with Crippen LogP contribution in [-0.4, -0.2) is 67.7 Å². The fraction of sp³-hybridized carbons (Fsp3) is 0.696. The molecule has 2 saturated heterocycles. The van der Waals surface area contributed by atoms with Gasteiger partial charge in [0.15, 0.2) is 0 Å². The van der Waals surface area contributed by atoms with Gasteiger partial charge in [0.1, 0.15) is 5.82 Å². The van der Waals surface area contributed by atoms with Gasteiger partial charge < -0.3 is 15.0 Å². The summed E-state index contributed by atoms with van der Waals surface area (Å²) in [5.41, 5.74) is 0.264. The Kier molecular flexibility index (Phi) is 6.98. The highest BCUT2D eigenvalue weighted by molar-refractivity contribution is 6.31. The van der Waals surface area contributed by atoms with Crippen molar-refractivity contribution in [2.75, 3.05) is 45.9 Å². The Morgan fingerprint density at radius 1 is 1.30 bits per heavy atom. The largest absolute Gasteiger partial charge is 0.379 e. The molecule has 0 radical (unpaired) electrons. The van der Waals surface area contributed by atoms with Gasteiger partial charge in [-0.1, -0.05) is 30.7 Å². The molecule has 0 aromatic heterocycles. The lowest BCUT2D eigenvalue weighted by Gasteiger charge is -2.53. The van der Waals surface area contributed by atoms with E-state index in [0.29, 0.717) is 17.5 Å². The number of carbonyl (C=O) groups excluding carboxylic acids is 1. The molecule has 0 unspecified atom stereocenters. The smallest absolute Gasteiger partial charge is 0.228 e. The Hall–Kier alpha value is -1.21. The first kappa shape index (κ1) is 22.0. The Bertz CT molecular complexity index is 758. The van der Waals surface area contributed by atoms with Crippen LogP contribution in [0.25, 0.3) is 0 Å². The van der Waals surface area contributed by atoms with Crippen LogP contribution >= 0.6 is 11.6 Å². The zero-order chi connectivity index (χ0) is 21.1. The van der Waals surface area contributed by atoms with Gasteiger partial charge in [-0.25, -0.2) is 4.39 Å². The summed E-state index contributed by atoms with van der Waals surface area (Å²) < 4.78 is 19.3. The van der Waals surface area contributed by atoms with E-state index in [1.54, 1.807) is 12.1 Å². The molecular weight excluding hydrogens is 405 g/mol. The molecule has 3 atom stereocenters. The van der Waals surface area contributed by atoms with Crippen LogP contribution in [0.4, 0.5) is 4.39 Å². The topological polar surface area (TPSA) is 44.8 Å². The molecule has 2 aliphatic heterocycles. The monoisotopic (exact) mass is 437 g/mol. The van der Waals surface area contributed by atoms with Crippen molar-refractivity contribution in [2.24, 2.45) is 11.3 Å². The van der Waals surface area contributed by atoms with E-state index in [9.17, 15) is 9.18 Å². The second-order valence-corrected chi connectivity index (χ2v) is 9.36. The molecule has 2 heterocycles. The van der Waals surface area contributed by atoms with Crippen molar-refractivity contribution in [3.05, 3.63) is 34.6 Å². The van der Waals surface area contributed by atoms with Crippen molar-refractivity contribution in [3.63, 3.8) is 0 Å². The molecule has 0 bridgehead atoms. The third kappa shape index (κ3) is 4.38. The number of nitrogens with one attached hydrogen (secondary N) is 1. The van der Waals surface area contributed by atoms with Crippen LogP contribution in [0.2, 0.25) is 5.02 Å². The van der Waals surface area contributed by atoms with E-state index < -0.39 is 5.82 Å². The van der Waals surface area contributed by atoms with E-state index in [1.807, 2.05) is 0 Å². The van der Waals surface area contributed by atoms with Gasteiger partial charge in [-0.05, 0) is 56.3 Å². The SMILES string of the molecule is CCN1CC[C@@H]2C[C@@H](N3CCOCC3)CC[C@@]2(C(=O)NCc2cccc(F)c2Cl)C1. The van der Waals surface area contributed by atoms with Crippen LogP contribution < -0.4 is 5.32 Å². The van der Waals surface area contributed by atoms with Gasteiger partial charge in [0.05, 0.1) is 23.7 Å². The Morgan fingerprint density at radius 3 is 2.87 bits per heavy atom. The normalized spacial score (nSPS) is 30.6. The van der Waals surface area contributed by atoms with Gasteiger partial charge in [0.2, 0.25) is 5.91 Å². The molecule has 5 nitrogen and oxygen atoms in total. The quantitative estimate of drug-likeness (QED) is 0.767.